The third-order valence-electron chi connectivity index (χ3n) is 4.50. The number of nitrogens with zero attached hydrogens (tertiary/aromatic N) is 3. The number of anilines is 1. The third kappa shape index (κ3) is 5.85. The van der Waals surface area contributed by atoms with Gasteiger partial charge in [-0.1, -0.05) is 23.9 Å². The standard InChI is InChI=1S/C22H24FN5O3S/c1-4-31-16-11-9-15(10-12-16)25-19(29)13-32-22-27-26-20(28(22)3)14(2)24-21(30)17-7-5-6-8-18(17)23/h5-12,14H,4,13H2,1-3H3,(H,24,30)(H,25,29)/t14-/m1/s1. The number of amides is 2. The average Bonchev–Trinajstić information content (AvgIpc) is 3.14. The number of carbonyl (C=O) groups excluding carboxylic acids is 2. The van der Waals surface area contributed by atoms with Crippen LogP contribution in [0.1, 0.15) is 36.1 Å². The van der Waals surface area contributed by atoms with Gasteiger partial charge in [0.25, 0.3) is 5.91 Å². The van der Waals surface area contributed by atoms with Gasteiger partial charge < -0.3 is 19.9 Å². The summed E-state index contributed by atoms with van der Waals surface area (Å²) in [5.41, 5.74) is 0.629. The Hall–Kier alpha value is -3.40. The second-order valence-corrected chi connectivity index (χ2v) is 7.81. The van der Waals surface area contributed by atoms with Crippen molar-refractivity contribution >= 4 is 29.3 Å². The fourth-order valence-corrected chi connectivity index (χ4v) is 3.66. The molecule has 32 heavy (non-hydrogen) atoms. The van der Waals surface area contributed by atoms with E-state index in [4.69, 9.17) is 4.74 Å². The molecule has 2 amide bonds. The first-order valence-corrected chi connectivity index (χ1v) is 11.0. The summed E-state index contributed by atoms with van der Waals surface area (Å²) in [6, 6.07) is 12.4. The molecule has 0 aliphatic carbocycles. The van der Waals surface area contributed by atoms with Crippen LogP contribution in [0.25, 0.3) is 0 Å². The molecule has 1 atom stereocenters. The van der Waals surface area contributed by atoms with Crippen LogP contribution in [0.5, 0.6) is 5.75 Å². The lowest BCUT2D eigenvalue weighted by atomic mass is 10.2. The van der Waals surface area contributed by atoms with Crippen LogP contribution in [-0.4, -0.2) is 38.9 Å². The van der Waals surface area contributed by atoms with Crippen LogP contribution in [0.3, 0.4) is 0 Å². The second-order valence-electron chi connectivity index (χ2n) is 6.87. The highest BCUT2D eigenvalue weighted by atomic mass is 32.2. The quantitative estimate of drug-likeness (QED) is 0.477. The Labute approximate surface area is 189 Å². The molecule has 0 radical (unpaired) electrons. The van der Waals surface area contributed by atoms with Crippen molar-refractivity contribution in [1.29, 1.82) is 0 Å². The van der Waals surface area contributed by atoms with Gasteiger partial charge in [-0.3, -0.25) is 9.59 Å². The summed E-state index contributed by atoms with van der Waals surface area (Å²) in [5.74, 6) is 0.0405. The smallest absolute Gasteiger partial charge is 0.254 e. The lowest BCUT2D eigenvalue weighted by Gasteiger charge is -2.14. The van der Waals surface area contributed by atoms with E-state index in [0.29, 0.717) is 23.3 Å². The van der Waals surface area contributed by atoms with Crippen molar-refractivity contribution in [2.24, 2.45) is 7.05 Å². The molecule has 0 saturated heterocycles. The molecule has 0 saturated carbocycles. The molecule has 0 aliphatic rings. The number of hydrogen-bond acceptors (Lipinski definition) is 6. The topological polar surface area (TPSA) is 98.1 Å². The summed E-state index contributed by atoms with van der Waals surface area (Å²) >= 11 is 1.22. The van der Waals surface area contributed by atoms with E-state index in [9.17, 15) is 14.0 Å². The van der Waals surface area contributed by atoms with E-state index in [1.165, 1.54) is 30.0 Å². The fourth-order valence-electron chi connectivity index (χ4n) is 2.94. The Kier molecular flexibility index (Phi) is 7.82. The lowest BCUT2D eigenvalue weighted by Crippen LogP contribution is -2.29. The summed E-state index contributed by atoms with van der Waals surface area (Å²) in [6.45, 7) is 4.21. The maximum Gasteiger partial charge on any atom is 0.254 e. The van der Waals surface area contributed by atoms with Crippen molar-refractivity contribution in [3.8, 4) is 5.75 Å². The Balaban J connectivity index is 1.55. The number of thioether (sulfide) groups is 1. The molecule has 0 unspecified atom stereocenters. The molecular formula is C22H24FN5O3S. The molecule has 0 fully saturated rings. The predicted octanol–water partition coefficient (Wildman–Crippen LogP) is 3.57. The first-order chi connectivity index (χ1) is 15.4. The maximum absolute atomic E-state index is 13.8. The van der Waals surface area contributed by atoms with Crippen molar-refractivity contribution in [3.63, 3.8) is 0 Å². The molecule has 3 rings (SSSR count). The van der Waals surface area contributed by atoms with E-state index in [-0.39, 0.29) is 17.2 Å². The number of aromatic nitrogens is 3. The van der Waals surface area contributed by atoms with E-state index in [1.807, 2.05) is 6.92 Å². The van der Waals surface area contributed by atoms with Crippen LogP contribution in [0.15, 0.2) is 53.7 Å². The van der Waals surface area contributed by atoms with Crippen molar-refractivity contribution in [2.75, 3.05) is 17.7 Å². The normalized spacial score (nSPS) is 11.6. The van der Waals surface area contributed by atoms with Crippen LogP contribution in [0, 0.1) is 5.82 Å². The average molecular weight is 458 g/mol. The molecule has 1 aromatic heterocycles. The molecule has 1 heterocycles. The molecule has 0 spiro atoms. The number of nitrogens with one attached hydrogen (secondary N) is 2. The van der Waals surface area contributed by atoms with Crippen molar-refractivity contribution < 1.29 is 18.7 Å². The van der Waals surface area contributed by atoms with Gasteiger partial charge in [-0.25, -0.2) is 4.39 Å². The summed E-state index contributed by atoms with van der Waals surface area (Å²) < 4.78 is 20.9. The fraction of sp³-hybridized carbons (Fsp3) is 0.273. The van der Waals surface area contributed by atoms with Crippen molar-refractivity contribution in [1.82, 2.24) is 20.1 Å². The van der Waals surface area contributed by atoms with Gasteiger partial charge >= 0.3 is 0 Å². The SMILES string of the molecule is CCOc1ccc(NC(=O)CSc2nnc([C@@H](C)NC(=O)c3ccccc3F)n2C)cc1. The molecule has 3 aromatic rings. The summed E-state index contributed by atoms with van der Waals surface area (Å²) in [6.07, 6.45) is 0. The van der Waals surface area contributed by atoms with Gasteiger partial charge in [0.1, 0.15) is 11.6 Å². The van der Waals surface area contributed by atoms with E-state index in [2.05, 4.69) is 20.8 Å². The van der Waals surface area contributed by atoms with E-state index in [1.54, 1.807) is 48.9 Å². The third-order valence-corrected chi connectivity index (χ3v) is 5.52. The highest BCUT2D eigenvalue weighted by molar-refractivity contribution is 7.99. The Morgan fingerprint density at radius 3 is 2.56 bits per heavy atom. The van der Waals surface area contributed by atoms with Crippen LogP contribution in [-0.2, 0) is 11.8 Å². The number of hydrogen-bond donors (Lipinski definition) is 2. The molecule has 8 nitrogen and oxygen atoms in total. The highest BCUT2D eigenvalue weighted by Crippen LogP contribution is 2.21. The van der Waals surface area contributed by atoms with Crippen molar-refractivity contribution in [3.05, 3.63) is 65.7 Å². The van der Waals surface area contributed by atoms with Crippen LogP contribution >= 0.6 is 11.8 Å². The molecule has 168 valence electrons. The second kappa shape index (κ2) is 10.8. The zero-order valence-electron chi connectivity index (χ0n) is 18.0. The number of carbonyl (C=O) groups is 2. The monoisotopic (exact) mass is 457 g/mol. The van der Waals surface area contributed by atoms with Crippen LogP contribution in [0.2, 0.25) is 0 Å². The number of halogens is 1. The summed E-state index contributed by atoms with van der Waals surface area (Å²) in [7, 11) is 1.74. The van der Waals surface area contributed by atoms with Crippen molar-refractivity contribution in [2.45, 2.75) is 25.0 Å². The predicted molar refractivity (Wildman–Crippen MR) is 120 cm³/mol. The highest BCUT2D eigenvalue weighted by Gasteiger charge is 2.20. The van der Waals surface area contributed by atoms with Gasteiger partial charge in [0, 0.05) is 12.7 Å². The van der Waals surface area contributed by atoms with Gasteiger partial charge in [0.15, 0.2) is 11.0 Å². The van der Waals surface area contributed by atoms with Gasteiger partial charge in [0.2, 0.25) is 5.91 Å². The first-order valence-electron chi connectivity index (χ1n) is 9.99. The minimum Gasteiger partial charge on any atom is -0.494 e. The molecule has 2 N–H and O–H groups in total. The zero-order chi connectivity index (χ0) is 23.1. The number of rotatable bonds is 9. The van der Waals surface area contributed by atoms with Gasteiger partial charge in [-0.05, 0) is 50.2 Å². The summed E-state index contributed by atoms with van der Waals surface area (Å²) in [5, 5.41) is 14.3. The van der Waals surface area contributed by atoms with Crippen LogP contribution < -0.4 is 15.4 Å². The molecule has 0 aliphatic heterocycles. The Morgan fingerprint density at radius 1 is 1.16 bits per heavy atom. The van der Waals surface area contributed by atoms with E-state index in [0.717, 1.165) is 5.75 Å². The van der Waals surface area contributed by atoms with E-state index < -0.39 is 17.8 Å². The molecule has 10 heteroatoms. The minimum absolute atomic E-state index is 0.0397. The minimum atomic E-state index is -0.593. The first kappa shape index (κ1) is 23.3. The van der Waals surface area contributed by atoms with Gasteiger partial charge in [-0.2, -0.15) is 0 Å². The largest absolute Gasteiger partial charge is 0.494 e. The number of ether oxygens (including phenoxy) is 1. The van der Waals surface area contributed by atoms with E-state index >= 15 is 0 Å². The zero-order valence-corrected chi connectivity index (χ0v) is 18.8. The Bertz CT molecular complexity index is 1090. The molecular weight excluding hydrogens is 433 g/mol. The Morgan fingerprint density at radius 2 is 1.88 bits per heavy atom. The van der Waals surface area contributed by atoms with Crippen LogP contribution in [0.4, 0.5) is 10.1 Å². The number of benzene rings is 2. The summed E-state index contributed by atoms with van der Waals surface area (Å²) in [4.78, 5) is 24.6. The molecule has 0 bridgehead atoms. The lowest BCUT2D eigenvalue weighted by molar-refractivity contribution is -0.113. The molecule has 2 aromatic carbocycles. The van der Waals surface area contributed by atoms with Gasteiger partial charge in [0.05, 0.1) is 24.0 Å². The maximum atomic E-state index is 13.8. The van der Waals surface area contributed by atoms with Gasteiger partial charge in [-0.15, -0.1) is 10.2 Å².